The van der Waals surface area contributed by atoms with Gasteiger partial charge < -0.3 is 23.7 Å². The molecule has 0 saturated carbocycles. The molecule has 0 aliphatic carbocycles. The number of hydrogen-bond acceptors (Lipinski definition) is 7. The SMILES string of the molecule is COc1ccc(OCC(COC(c2ccccc2)(c2ccc(OC)cc2)c2ccc(OC)cc2)O[P+](=O)O)cc1. The first-order valence-corrected chi connectivity index (χ1v) is 13.7. The number of hydrogen-bond donors (Lipinski definition) is 1. The molecule has 2 atom stereocenters. The molecule has 0 bridgehead atoms. The van der Waals surface area contributed by atoms with Crippen LogP contribution in [0.1, 0.15) is 16.7 Å². The minimum Gasteiger partial charge on any atom is -0.497 e. The molecule has 0 aromatic heterocycles. The van der Waals surface area contributed by atoms with Crippen LogP contribution in [0.25, 0.3) is 0 Å². The average Bonchev–Trinajstić information content (AvgIpc) is 3.01. The van der Waals surface area contributed by atoms with E-state index in [0.717, 1.165) is 16.7 Å². The Bertz CT molecular complexity index is 1300. The van der Waals surface area contributed by atoms with E-state index >= 15 is 0 Å². The van der Waals surface area contributed by atoms with Gasteiger partial charge in [-0.05, 0) is 65.2 Å². The molecule has 0 radical (unpaired) electrons. The van der Waals surface area contributed by atoms with Gasteiger partial charge >= 0.3 is 8.25 Å². The number of benzene rings is 4. The molecule has 0 spiro atoms. The van der Waals surface area contributed by atoms with Crippen molar-refractivity contribution in [2.45, 2.75) is 11.7 Å². The molecule has 0 saturated heterocycles. The Morgan fingerprint density at radius 3 is 1.50 bits per heavy atom. The Labute approximate surface area is 235 Å². The Balaban J connectivity index is 1.72. The van der Waals surface area contributed by atoms with Gasteiger partial charge in [0.25, 0.3) is 0 Å². The summed E-state index contributed by atoms with van der Waals surface area (Å²) in [5.41, 5.74) is 1.40. The van der Waals surface area contributed by atoms with Crippen LogP contribution in [0.15, 0.2) is 103 Å². The lowest BCUT2D eigenvalue weighted by Gasteiger charge is -2.36. The summed E-state index contributed by atoms with van der Waals surface area (Å²) in [5, 5.41) is 0. The Hall–Kier alpha value is -3.94. The molecular formula is C31H32O8P+. The van der Waals surface area contributed by atoms with E-state index in [1.54, 1.807) is 45.6 Å². The average molecular weight is 564 g/mol. The normalized spacial score (nSPS) is 12.3. The third kappa shape index (κ3) is 6.97. The van der Waals surface area contributed by atoms with Crippen LogP contribution in [0.4, 0.5) is 0 Å². The van der Waals surface area contributed by atoms with Crippen LogP contribution in [0.5, 0.6) is 23.0 Å². The maximum absolute atomic E-state index is 11.8. The summed E-state index contributed by atoms with van der Waals surface area (Å²) in [5.74, 6) is 2.65. The van der Waals surface area contributed by atoms with Crippen LogP contribution in [-0.4, -0.2) is 45.5 Å². The molecule has 0 heterocycles. The Morgan fingerprint density at radius 2 is 1.05 bits per heavy atom. The zero-order valence-electron chi connectivity index (χ0n) is 22.6. The van der Waals surface area contributed by atoms with E-state index in [2.05, 4.69) is 0 Å². The van der Waals surface area contributed by atoms with Crippen molar-refractivity contribution in [3.8, 4) is 23.0 Å². The molecule has 4 aromatic rings. The highest BCUT2D eigenvalue weighted by Gasteiger charge is 2.39. The van der Waals surface area contributed by atoms with Gasteiger partial charge in [-0.2, -0.15) is 0 Å². The van der Waals surface area contributed by atoms with E-state index in [1.165, 1.54) is 0 Å². The Kier molecular flexibility index (Phi) is 10.1. The van der Waals surface area contributed by atoms with Gasteiger partial charge in [-0.1, -0.05) is 54.6 Å². The summed E-state index contributed by atoms with van der Waals surface area (Å²) in [6.45, 7) is -0.0885. The topological polar surface area (TPSA) is 92.7 Å². The molecule has 0 aliphatic heterocycles. The van der Waals surface area contributed by atoms with Crippen molar-refractivity contribution in [3.05, 3.63) is 120 Å². The van der Waals surface area contributed by atoms with E-state index < -0.39 is 20.0 Å². The summed E-state index contributed by atoms with van der Waals surface area (Å²) in [7, 11) is 1.89. The van der Waals surface area contributed by atoms with Gasteiger partial charge in [-0.3, -0.25) is 0 Å². The molecule has 0 aliphatic rings. The lowest BCUT2D eigenvalue weighted by molar-refractivity contribution is -0.0416. The van der Waals surface area contributed by atoms with Crippen LogP contribution >= 0.6 is 8.25 Å². The first kappa shape index (κ1) is 29.1. The van der Waals surface area contributed by atoms with Gasteiger partial charge in [-0.15, -0.1) is 9.42 Å². The minimum absolute atomic E-state index is 0.0238. The zero-order chi connectivity index (χ0) is 28.4. The lowest BCUT2D eigenvalue weighted by atomic mass is 9.80. The summed E-state index contributed by atoms with van der Waals surface area (Å²) in [6.07, 6.45) is -0.865. The molecule has 4 rings (SSSR count). The van der Waals surface area contributed by atoms with Crippen molar-refractivity contribution in [3.63, 3.8) is 0 Å². The molecule has 8 nitrogen and oxygen atoms in total. The molecule has 208 valence electrons. The van der Waals surface area contributed by atoms with Crippen LogP contribution in [0.2, 0.25) is 0 Å². The van der Waals surface area contributed by atoms with Gasteiger partial charge in [0, 0.05) is 4.57 Å². The van der Waals surface area contributed by atoms with Crippen LogP contribution in [-0.2, 0) is 19.4 Å². The first-order chi connectivity index (χ1) is 19.5. The van der Waals surface area contributed by atoms with Gasteiger partial charge in [0.05, 0.1) is 27.9 Å². The van der Waals surface area contributed by atoms with Crippen molar-refractivity contribution in [1.29, 1.82) is 0 Å². The highest BCUT2D eigenvalue weighted by Crippen LogP contribution is 2.42. The predicted molar refractivity (Wildman–Crippen MR) is 151 cm³/mol. The van der Waals surface area contributed by atoms with Gasteiger partial charge in [0.15, 0.2) is 6.10 Å². The molecule has 0 fully saturated rings. The number of methoxy groups -OCH3 is 3. The summed E-state index contributed by atoms with van der Waals surface area (Å²) in [4.78, 5) is 9.62. The monoisotopic (exact) mass is 563 g/mol. The first-order valence-electron chi connectivity index (χ1n) is 12.6. The molecule has 4 aromatic carbocycles. The third-order valence-corrected chi connectivity index (χ3v) is 6.87. The van der Waals surface area contributed by atoms with Crippen LogP contribution < -0.4 is 18.9 Å². The Morgan fingerprint density at radius 1 is 0.625 bits per heavy atom. The highest BCUT2D eigenvalue weighted by atomic mass is 31.1. The zero-order valence-corrected chi connectivity index (χ0v) is 23.5. The van der Waals surface area contributed by atoms with Crippen LogP contribution in [0, 0.1) is 0 Å². The standard InChI is InChI=1S/C31H31O8P/c1-34-26-13-9-24(10-14-26)31(23-7-5-4-6-8-23,25-11-15-27(35-2)16-12-25)38-22-30(39-40(32)33)21-37-29-19-17-28(36-3)18-20-29/h4-20,30H,21-22H2,1-3H3/p+1. The van der Waals surface area contributed by atoms with Crippen LogP contribution in [0.3, 0.4) is 0 Å². The quantitative estimate of drug-likeness (QED) is 0.145. The highest BCUT2D eigenvalue weighted by molar-refractivity contribution is 7.32. The molecule has 9 heteroatoms. The fourth-order valence-corrected chi connectivity index (χ4v) is 4.77. The van der Waals surface area contributed by atoms with Crippen molar-refractivity contribution in [1.82, 2.24) is 0 Å². The second-order valence-corrected chi connectivity index (χ2v) is 9.45. The van der Waals surface area contributed by atoms with Gasteiger partial charge in [0.2, 0.25) is 0 Å². The number of ether oxygens (including phenoxy) is 5. The molecule has 40 heavy (non-hydrogen) atoms. The van der Waals surface area contributed by atoms with Crippen molar-refractivity contribution < 1.29 is 37.7 Å². The fraction of sp³-hybridized carbons (Fsp3) is 0.226. The van der Waals surface area contributed by atoms with Crippen molar-refractivity contribution in [2.24, 2.45) is 0 Å². The predicted octanol–water partition coefficient (Wildman–Crippen LogP) is 6.13. The lowest BCUT2D eigenvalue weighted by Crippen LogP contribution is -2.37. The molecule has 2 unspecified atom stereocenters. The summed E-state index contributed by atoms with van der Waals surface area (Å²) in [6, 6.07) is 32.0. The minimum atomic E-state index is -2.91. The van der Waals surface area contributed by atoms with E-state index in [4.69, 9.17) is 28.2 Å². The van der Waals surface area contributed by atoms with Crippen molar-refractivity contribution >= 4 is 8.25 Å². The number of rotatable bonds is 14. The summed E-state index contributed by atoms with van der Waals surface area (Å²) < 4.78 is 45.7. The van der Waals surface area contributed by atoms with E-state index in [9.17, 15) is 9.46 Å². The van der Waals surface area contributed by atoms with E-state index in [1.807, 2.05) is 78.9 Å². The molecular weight excluding hydrogens is 531 g/mol. The maximum atomic E-state index is 11.8. The largest absolute Gasteiger partial charge is 0.695 e. The smallest absolute Gasteiger partial charge is 0.497 e. The van der Waals surface area contributed by atoms with E-state index in [0.29, 0.717) is 23.0 Å². The van der Waals surface area contributed by atoms with E-state index in [-0.39, 0.29) is 13.2 Å². The molecule has 0 amide bonds. The second-order valence-electron chi connectivity index (χ2n) is 8.77. The molecule has 1 N–H and O–H groups in total. The third-order valence-electron chi connectivity index (χ3n) is 6.39. The fourth-order valence-electron chi connectivity index (χ4n) is 4.39. The maximum Gasteiger partial charge on any atom is 0.695 e. The second kappa shape index (κ2) is 13.9. The van der Waals surface area contributed by atoms with Gasteiger partial charge in [-0.25, -0.2) is 0 Å². The van der Waals surface area contributed by atoms with Crippen molar-refractivity contribution in [2.75, 3.05) is 34.5 Å². The van der Waals surface area contributed by atoms with Gasteiger partial charge in [0.1, 0.15) is 35.2 Å². The summed E-state index contributed by atoms with van der Waals surface area (Å²) >= 11 is 0.